The molecular formula is C68H95N12O30P4S4+. The van der Waals surface area contributed by atoms with Crippen molar-refractivity contribution < 1.29 is 135 Å². The maximum absolute atomic E-state index is 14.0. The molecule has 9 atom stereocenters. The lowest BCUT2D eigenvalue weighted by atomic mass is 9.81. The van der Waals surface area contributed by atoms with Gasteiger partial charge < -0.3 is 85.5 Å². The first-order valence-corrected chi connectivity index (χ1v) is 48.2. The Bertz CT molecular complexity index is 5260. The number of amides is 4. The van der Waals surface area contributed by atoms with Gasteiger partial charge in [-0.2, -0.15) is 30.0 Å². The van der Waals surface area contributed by atoms with Crippen molar-refractivity contribution in [2.75, 3.05) is 61.5 Å². The van der Waals surface area contributed by atoms with E-state index in [0.717, 1.165) is 50.4 Å². The van der Waals surface area contributed by atoms with E-state index in [1.807, 2.05) is 65.0 Å². The van der Waals surface area contributed by atoms with Crippen LogP contribution >= 0.6 is 52.9 Å². The molecule has 0 spiro atoms. The number of phosphoric ester groups is 2. The van der Waals surface area contributed by atoms with Crippen LogP contribution in [0.5, 0.6) is 0 Å². The van der Waals surface area contributed by atoms with E-state index in [0.29, 0.717) is 73.8 Å². The number of carbonyl (C=O) groups is 4. The van der Waals surface area contributed by atoms with E-state index in [2.05, 4.69) is 58.4 Å². The SMILES string of the molecule is CCN1C(=CC=CC=CC2=[N+](CCCCCC(=O)NC(CSSCCC(=O)NCc3cn(C4CC(O)C(COP(=O)(O)OP(=O)(O)OP(=O)(O)O)O4)c4ncnc(N)c34)C(=O)NCCCCCC(=O)NCCn3c(=O)ccn(C4CC(O)C(COP(=O)(O)O)O4)c3=O)c3ccc(S(=O)(=O)O)cc3C2(C)C)C(C)(C)c2cc(S(=O)(=O)O)ccc21. The molecule has 5 aromatic rings. The van der Waals surface area contributed by atoms with Gasteiger partial charge in [0.1, 0.15) is 55.0 Å². The molecule has 7 heterocycles. The Hall–Kier alpha value is -7.01. The number of nitrogens with zero attached hydrogens (tertiary/aromatic N) is 7. The minimum absolute atomic E-state index is 0.00191. The summed E-state index contributed by atoms with van der Waals surface area (Å²) in [5, 5.41) is 32.7. The summed E-state index contributed by atoms with van der Waals surface area (Å²) >= 11 is 0. The zero-order chi connectivity index (χ0) is 86.7. The summed E-state index contributed by atoms with van der Waals surface area (Å²) in [5.41, 5.74) is 8.47. The number of rotatable bonds is 43. The molecule has 0 saturated carbocycles. The molecule has 50 heteroatoms. The minimum Gasteiger partial charge on any atom is -0.390 e. The number of hydrogen-bond acceptors (Lipinski definition) is 28. The molecule has 4 amide bonds. The van der Waals surface area contributed by atoms with Crippen LogP contribution < -0.4 is 43.1 Å². The molecule has 0 aliphatic carbocycles. The van der Waals surface area contributed by atoms with Crippen molar-refractivity contribution in [3.05, 3.63) is 135 Å². The topological polar surface area (TPSA) is 618 Å². The number of nitrogen functional groups attached to an aromatic ring is 1. The van der Waals surface area contributed by atoms with Gasteiger partial charge in [-0.1, -0.05) is 60.1 Å². The summed E-state index contributed by atoms with van der Waals surface area (Å²) in [7, 11) is -28.6. The smallest absolute Gasteiger partial charge is 0.390 e. The van der Waals surface area contributed by atoms with E-state index in [9.17, 15) is 93.0 Å². The largest absolute Gasteiger partial charge is 0.490 e. The average molecular weight is 1810 g/mol. The molecule has 0 radical (unpaired) electrons. The second-order valence-electron chi connectivity index (χ2n) is 28.7. The van der Waals surface area contributed by atoms with Gasteiger partial charge in [0.25, 0.3) is 25.8 Å². The van der Waals surface area contributed by atoms with Crippen molar-refractivity contribution in [1.82, 2.24) is 44.9 Å². The van der Waals surface area contributed by atoms with E-state index in [4.69, 9.17) is 34.8 Å². The van der Waals surface area contributed by atoms with Crippen LogP contribution in [-0.4, -0.2) is 204 Å². The second kappa shape index (κ2) is 39.9. The molecule has 9 unspecified atom stereocenters. The highest BCUT2D eigenvalue weighted by molar-refractivity contribution is 8.76. The van der Waals surface area contributed by atoms with E-state index in [1.165, 1.54) is 56.6 Å². The van der Waals surface area contributed by atoms with Crippen LogP contribution in [-0.2, 0) is 109 Å². The van der Waals surface area contributed by atoms with E-state index < -0.39 is 153 Å². The van der Waals surface area contributed by atoms with Crippen LogP contribution in [0.15, 0.2) is 117 Å². The van der Waals surface area contributed by atoms with Gasteiger partial charge in [-0.25, -0.2) is 33.0 Å². The number of aliphatic hydroxyl groups excluding tert-OH is 2. The third-order valence-electron chi connectivity index (χ3n) is 19.6. The molecule has 4 aliphatic rings. The Morgan fingerprint density at radius 3 is 1.99 bits per heavy atom. The van der Waals surface area contributed by atoms with Crippen molar-refractivity contribution in [3.63, 3.8) is 0 Å². The zero-order valence-corrected chi connectivity index (χ0v) is 71.2. The molecule has 42 nitrogen and oxygen atoms in total. The van der Waals surface area contributed by atoms with Gasteiger partial charge in [0.2, 0.25) is 29.3 Å². The average Bonchev–Trinajstić information content (AvgIpc) is 1.60. The first-order valence-electron chi connectivity index (χ1n) is 36.8. The number of anilines is 2. The number of phosphoric acid groups is 4. The quantitative estimate of drug-likeness (QED) is 0.00642. The van der Waals surface area contributed by atoms with Gasteiger partial charge in [0, 0.05) is 141 Å². The summed E-state index contributed by atoms with van der Waals surface area (Å²) in [6, 6.07) is 8.92. The number of carbonyl (C=O) groups excluding carboxylic acids is 4. The van der Waals surface area contributed by atoms with Gasteiger partial charge in [0.15, 0.2) is 5.71 Å². The predicted octanol–water partition coefficient (Wildman–Crippen LogP) is 4.40. The van der Waals surface area contributed by atoms with Crippen LogP contribution in [0.2, 0.25) is 0 Å². The molecule has 0 bridgehead atoms. The lowest BCUT2D eigenvalue weighted by Gasteiger charge is -2.25. The van der Waals surface area contributed by atoms with Crippen molar-refractivity contribution in [1.29, 1.82) is 0 Å². The number of hydrogen-bond donors (Lipinski definition) is 15. The summed E-state index contributed by atoms with van der Waals surface area (Å²) in [6.07, 6.45) is 8.12. The molecule has 2 aromatic carbocycles. The van der Waals surface area contributed by atoms with Crippen LogP contribution in [0.4, 0.5) is 17.2 Å². The van der Waals surface area contributed by atoms with E-state index in [-0.39, 0.29) is 91.0 Å². The van der Waals surface area contributed by atoms with Crippen molar-refractivity contribution in [2.24, 2.45) is 0 Å². The van der Waals surface area contributed by atoms with Gasteiger partial charge in [0.05, 0.1) is 46.0 Å². The highest BCUT2D eigenvalue weighted by Gasteiger charge is 2.47. The van der Waals surface area contributed by atoms with Gasteiger partial charge in [-0.05, 0) is 88.4 Å². The number of fused-ring (bicyclic) bond motifs is 3. The number of ether oxygens (including phenoxy) is 2. The fourth-order valence-electron chi connectivity index (χ4n) is 13.9. The normalized spacial score (nSPS) is 21.0. The summed E-state index contributed by atoms with van der Waals surface area (Å²) in [5.74, 6) is -1.51. The molecule has 118 heavy (non-hydrogen) atoms. The molecule has 2 fully saturated rings. The highest BCUT2D eigenvalue weighted by atomic mass is 33.1. The van der Waals surface area contributed by atoms with Crippen LogP contribution in [0.25, 0.3) is 11.0 Å². The Morgan fingerprint density at radius 2 is 1.34 bits per heavy atom. The summed E-state index contributed by atoms with van der Waals surface area (Å²) in [6.45, 7) is 8.77. The lowest BCUT2D eigenvalue weighted by molar-refractivity contribution is -0.438. The fourth-order valence-corrected chi connectivity index (χ4v) is 20.4. The monoisotopic (exact) mass is 1810 g/mol. The van der Waals surface area contributed by atoms with E-state index in [1.54, 1.807) is 12.1 Å². The van der Waals surface area contributed by atoms with Crippen LogP contribution in [0, 0.1) is 0 Å². The summed E-state index contributed by atoms with van der Waals surface area (Å²) in [4.78, 5) is 145. The molecule has 2 saturated heterocycles. The molecule has 16 N–H and O–H groups in total. The molecule has 9 rings (SSSR count). The fraction of sp³-hybridized carbons (Fsp3) is 0.515. The number of unbranched alkanes of at least 4 members (excludes halogenated alkanes) is 4. The second-order valence-corrected chi connectivity index (χ2v) is 39.8. The molecule has 650 valence electrons. The highest BCUT2D eigenvalue weighted by Crippen LogP contribution is 2.66. The third-order valence-corrected chi connectivity index (χ3v) is 28.0. The Morgan fingerprint density at radius 1 is 0.712 bits per heavy atom. The van der Waals surface area contributed by atoms with Crippen LogP contribution in [0.3, 0.4) is 0 Å². The number of allylic oxidation sites excluding steroid dienone is 6. The first-order chi connectivity index (χ1) is 55.2. The Balaban J connectivity index is 0.793. The molecule has 3 aromatic heterocycles. The number of aliphatic hydroxyl groups is 2. The number of benzene rings is 2. The molecular weight excluding hydrogens is 1720 g/mol. The van der Waals surface area contributed by atoms with Gasteiger partial charge in [-0.3, -0.25) is 51.3 Å². The Labute approximate surface area is 684 Å². The zero-order valence-electron chi connectivity index (χ0n) is 64.3. The molecule has 4 aliphatic heterocycles. The maximum Gasteiger partial charge on any atom is 0.490 e. The maximum atomic E-state index is 14.0. The predicted molar refractivity (Wildman–Crippen MR) is 428 cm³/mol. The number of nitrogens with two attached hydrogens (primary N) is 1. The van der Waals surface area contributed by atoms with Gasteiger partial charge >= 0.3 is 37.0 Å². The van der Waals surface area contributed by atoms with Crippen LogP contribution in [0.1, 0.15) is 134 Å². The number of aromatic nitrogens is 5. The van der Waals surface area contributed by atoms with Crippen molar-refractivity contribution in [3.8, 4) is 0 Å². The standard InChI is InChI=1S/C68H94N12O30P4S4/c1-6-76-48-22-20-43(117(99,100)101)32-45(48)67(2,3)54(76)16-10-7-11-17-55-68(4,5)46-33-44(118(102,103)104)21-23-49(46)77(55)28-15-9-13-19-58(85)75-47(65(87)71-26-14-8-12-18-56(83)70-27-30-78-59(86)24-29-79(66(78)88)60-34-50(81)52(107-60)38-105-111(89,90)91)40-116-115-31-25-57(84)72-36-42-37-80(64-62(42)63(69)73-41-74-64)61-35-51(82)53(108-61)39-106-113(95,96)110-114(97,98)109-112(92,93)94/h7,10-11,16-17,20-24,29,32-33,37,41,47,50-53,60-61,81-82H,6,8-9,12-15,18-19,25-28,30-31,34-36,38-40H2,1-5H3,(H13-,69,70,71,72,73,74,75,83,84,85,87,89,90,91,92,93,94,95,96,97,98,99,100,101,102,103,104)/p+1. The lowest BCUT2D eigenvalue weighted by Crippen LogP contribution is -2.48. The number of nitrogens with one attached hydrogen (secondary N) is 4. The van der Waals surface area contributed by atoms with Crippen molar-refractivity contribution >= 4 is 131 Å². The van der Waals surface area contributed by atoms with E-state index >= 15 is 0 Å². The number of likely N-dealkylation sites (N-methyl/N-ethyl adjacent to an activating group) is 1. The third kappa shape index (κ3) is 25.3. The van der Waals surface area contributed by atoms with Gasteiger partial charge in [-0.15, -0.1) is 0 Å². The van der Waals surface area contributed by atoms with Crippen molar-refractivity contribution in [2.45, 2.75) is 182 Å². The minimum atomic E-state index is -5.84. The first kappa shape index (κ1) is 94.8. The Kier molecular flexibility index (Phi) is 32.1. The summed E-state index contributed by atoms with van der Waals surface area (Å²) < 4.78 is 149.